The highest BCUT2D eigenvalue weighted by Gasteiger charge is 2.83. The molecule has 0 amide bonds. The van der Waals surface area contributed by atoms with Gasteiger partial charge in [-0.25, -0.2) is 0 Å². The average molecular weight is 292 g/mol. The van der Waals surface area contributed by atoms with E-state index in [9.17, 15) is 9.59 Å². The van der Waals surface area contributed by atoms with Crippen LogP contribution in [0.4, 0.5) is 0 Å². The van der Waals surface area contributed by atoms with Gasteiger partial charge < -0.3 is 9.47 Å². The van der Waals surface area contributed by atoms with Crippen molar-refractivity contribution in [1.29, 1.82) is 0 Å². The summed E-state index contributed by atoms with van der Waals surface area (Å²) in [6.45, 7) is 11.4. The van der Waals surface area contributed by atoms with Crippen LogP contribution in [0, 0.1) is 11.3 Å². The van der Waals surface area contributed by atoms with Crippen molar-refractivity contribution in [3.8, 4) is 0 Å². The van der Waals surface area contributed by atoms with Gasteiger partial charge in [-0.15, -0.1) is 0 Å². The lowest BCUT2D eigenvalue weighted by atomic mass is 9.52. The average Bonchev–Trinajstić information content (AvgIpc) is 3.00. The van der Waals surface area contributed by atoms with Crippen LogP contribution in [0.3, 0.4) is 0 Å². The molecule has 3 rings (SSSR count). The fourth-order valence-electron chi connectivity index (χ4n) is 4.82. The fraction of sp³-hybridized carbons (Fsp3) is 0.765. The van der Waals surface area contributed by atoms with Gasteiger partial charge in [0.1, 0.15) is 11.7 Å². The summed E-state index contributed by atoms with van der Waals surface area (Å²) in [5.74, 6) is -0.269. The molecule has 116 valence electrons. The minimum absolute atomic E-state index is 0.129. The predicted octanol–water partition coefficient (Wildman–Crippen LogP) is 2.80. The van der Waals surface area contributed by atoms with E-state index in [1.807, 2.05) is 13.8 Å². The molecular weight excluding hydrogens is 268 g/mol. The number of hydrogen-bond donors (Lipinski definition) is 0. The lowest BCUT2D eigenvalue weighted by Crippen LogP contribution is -2.61. The SMILES string of the molecule is C=C(C)[C@@H]1CC[C@@]2(C)[C@H](OC(C)=O)CC[C@]3(C)O[C@]23C1=O. The highest BCUT2D eigenvalue weighted by Crippen LogP contribution is 2.70. The first-order chi connectivity index (χ1) is 9.68. The Hall–Kier alpha value is -1.16. The molecule has 0 N–H and O–H groups in total. The summed E-state index contributed by atoms with van der Waals surface area (Å²) in [5, 5.41) is 0. The Morgan fingerprint density at radius 2 is 1.95 bits per heavy atom. The number of esters is 1. The quantitative estimate of drug-likeness (QED) is 0.446. The third-order valence-corrected chi connectivity index (χ3v) is 6.00. The van der Waals surface area contributed by atoms with Crippen molar-refractivity contribution in [1.82, 2.24) is 0 Å². The second-order valence-electron chi connectivity index (χ2n) is 7.37. The van der Waals surface area contributed by atoms with E-state index in [-0.39, 0.29) is 23.8 Å². The Labute approximate surface area is 125 Å². The van der Waals surface area contributed by atoms with E-state index < -0.39 is 16.6 Å². The summed E-state index contributed by atoms with van der Waals surface area (Å²) in [5.41, 5.74) is -0.706. The number of carbonyl (C=O) groups is 2. The van der Waals surface area contributed by atoms with E-state index in [2.05, 4.69) is 13.5 Å². The lowest BCUT2D eigenvalue weighted by Gasteiger charge is -2.49. The second-order valence-corrected chi connectivity index (χ2v) is 7.37. The van der Waals surface area contributed by atoms with Crippen molar-refractivity contribution in [2.75, 3.05) is 0 Å². The molecule has 0 radical (unpaired) electrons. The summed E-state index contributed by atoms with van der Waals surface area (Å²) in [7, 11) is 0. The van der Waals surface area contributed by atoms with Crippen LogP contribution in [0.5, 0.6) is 0 Å². The van der Waals surface area contributed by atoms with Crippen LogP contribution in [0.2, 0.25) is 0 Å². The predicted molar refractivity (Wildman–Crippen MR) is 77.7 cm³/mol. The van der Waals surface area contributed by atoms with Crippen molar-refractivity contribution >= 4 is 11.8 Å². The molecule has 21 heavy (non-hydrogen) atoms. The molecule has 0 aromatic carbocycles. The Bertz CT molecular complexity index is 539. The maximum absolute atomic E-state index is 13.1. The summed E-state index contributed by atoms with van der Waals surface area (Å²) < 4.78 is 11.6. The van der Waals surface area contributed by atoms with E-state index in [1.54, 1.807) is 0 Å². The van der Waals surface area contributed by atoms with Gasteiger partial charge in [0.05, 0.1) is 0 Å². The normalized spacial score (nSPS) is 48.1. The highest BCUT2D eigenvalue weighted by molar-refractivity contribution is 5.97. The molecule has 0 aromatic heterocycles. The summed E-state index contributed by atoms with van der Waals surface area (Å²) in [6.07, 6.45) is 2.88. The van der Waals surface area contributed by atoms with E-state index in [0.29, 0.717) is 0 Å². The Kier molecular flexibility index (Phi) is 2.94. The molecule has 0 bridgehead atoms. The zero-order valence-corrected chi connectivity index (χ0v) is 13.3. The zero-order valence-electron chi connectivity index (χ0n) is 13.3. The lowest BCUT2D eigenvalue weighted by molar-refractivity contribution is -0.168. The molecule has 2 saturated carbocycles. The largest absolute Gasteiger partial charge is 0.462 e. The van der Waals surface area contributed by atoms with Crippen molar-refractivity contribution in [2.24, 2.45) is 11.3 Å². The fourth-order valence-corrected chi connectivity index (χ4v) is 4.82. The molecule has 1 heterocycles. The number of ether oxygens (including phenoxy) is 2. The monoisotopic (exact) mass is 292 g/mol. The first-order valence-corrected chi connectivity index (χ1v) is 7.75. The van der Waals surface area contributed by atoms with Crippen molar-refractivity contribution in [3.05, 3.63) is 12.2 Å². The van der Waals surface area contributed by atoms with E-state index in [1.165, 1.54) is 6.92 Å². The molecule has 0 aromatic rings. The van der Waals surface area contributed by atoms with E-state index in [0.717, 1.165) is 31.3 Å². The van der Waals surface area contributed by atoms with Crippen molar-refractivity contribution in [3.63, 3.8) is 0 Å². The summed E-state index contributed by atoms with van der Waals surface area (Å²) >= 11 is 0. The summed E-state index contributed by atoms with van der Waals surface area (Å²) in [4.78, 5) is 24.5. The molecule has 3 fully saturated rings. The topological polar surface area (TPSA) is 55.9 Å². The highest BCUT2D eigenvalue weighted by atomic mass is 16.6. The van der Waals surface area contributed by atoms with Crippen LogP contribution in [0.15, 0.2) is 12.2 Å². The number of hydrogen-bond acceptors (Lipinski definition) is 4. The molecule has 5 atom stereocenters. The molecule has 1 saturated heterocycles. The number of carbonyl (C=O) groups excluding carboxylic acids is 2. The molecule has 3 aliphatic rings. The second kappa shape index (κ2) is 4.19. The van der Waals surface area contributed by atoms with Gasteiger partial charge in [-0.2, -0.15) is 0 Å². The number of ketones is 1. The van der Waals surface area contributed by atoms with Gasteiger partial charge in [-0.1, -0.05) is 19.1 Å². The van der Waals surface area contributed by atoms with E-state index >= 15 is 0 Å². The van der Waals surface area contributed by atoms with Crippen LogP contribution in [-0.4, -0.2) is 29.1 Å². The third-order valence-electron chi connectivity index (χ3n) is 6.00. The van der Waals surface area contributed by atoms with Crippen molar-refractivity contribution < 1.29 is 19.1 Å². The molecule has 2 aliphatic carbocycles. The summed E-state index contributed by atoms with van der Waals surface area (Å²) in [6, 6.07) is 0. The van der Waals surface area contributed by atoms with Crippen LogP contribution in [0.25, 0.3) is 0 Å². The van der Waals surface area contributed by atoms with Gasteiger partial charge in [0.2, 0.25) is 0 Å². The third kappa shape index (κ3) is 1.65. The molecule has 1 spiro atoms. The van der Waals surface area contributed by atoms with Gasteiger partial charge in [0.25, 0.3) is 0 Å². The van der Waals surface area contributed by atoms with Crippen LogP contribution < -0.4 is 0 Å². The maximum Gasteiger partial charge on any atom is 0.302 e. The van der Waals surface area contributed by atoms with Gasteiger partial charge >= 0.3 is 5.97 Å². The van der Waals surface area contributed by atoms with E-state index in [4.69, 9.17) is 9.47 Å². The number of rotatable bonds is 2. The van der Waals surface area contributed by atoms with Gasteiger partial charge in [0.15, 0.2) is 11.4 Å². The number of allylic oxidation sites excluding steroid dienone is 1. The zero-order chi connectivity index (χ0) is 15.6. The molecule has 0 unspecified atom stereocenters. The first kappa shape index (κ1) is 14.8. The Balaban J connectivity index is 2.01. The van der Waals surface area contributed by atoms with Crippen LogP contribution in [-0.2, 0) is 19.1 Å². The smallest absolute Gasteiger partial charge is 0.302 e. The van der Waals surface area contributed by atoms with Gasteiger partial charge in [0, 0.05) is 18.3 Å². The molecule has 4 heteroatoms. The van der Waals surface area contributed by atoms with Crippen LogP contribution in [0.1, 0.15) is 53.4 Å². The van der Waals surface area contributed by atoms with Crippen molar-refractivity contribution in [2.45, 2.75) is 70.7 Å². The maximum atomic E-state index is 13.1. The molecule has 1 aliphatic heterocycles. The Morgan fingerprint density at radius 3 is 2.52 bits per heavy atom. The molecule has 4 nitrogen and oxygen atoms in total. The van der Waals surface area contributed by atoms with Gasteiger partial charge in [-0.05, 0) is 39.5 Å². The minimum atomic E-state index is -0.791. The van der Waals surface area contributed by atoms with Gasteiger partial charge in [-0.3, -0.25) is 9.59 Å². The standard InChI is InChI=1S/C17H24O4/c1-10(2)12-6-8-15(4)13(20-11(3)18)7-9-16(5)17(15,21-16)14(12)19/h12-13H,1,6-9H2,2-5H3/t12-,13+,15-,16-,17+/m0/s1. The number of epoxide rings is 1. The number of Topliss-reactive ketones (excluding diaryl/α,β-unsaturated/α-hetero) is 1. The first-order valence-electron chi connectivity index (χ1n) is 7.75. The van der Waals surface area contributed by atoms with Crippen LogP contribution >= 0.6 is 0 Å². The molecular formula is C17H24O4. The Morgan fingerprint density at radius 1 is 1.29 bits per heavy atom. The minimum Gasteiger partial charge on any atom is -0.462 e.